The maximum Gasteiger partial charge on any atom is 0.252 e. The topological polar surface area (TPSA) is 115 Å². The number of rotatable bonds is 7. The number of ether oxygens (including phenoxy) is 1. The summed E-state index contributed by atoms with van der Waals surface area (Å²) in [5, 5.41) is 8.47. The summed E-state index contributed by atoms with van der Waals surface area (Å²) in [7, 11) is -2.17. The zero-order valence-electron chi connectivity index (χ0n) is 17.8. The molecule has 11 heteroatoms. The molecule has 1 atom stereocenters. The molecule has 170 valence electrons. The third kappa shape index (κ3) is 4.69. The van der Waals surface area contributed by atoms with Gasteiger partial charge in [-0.15, -0.1) is 11.3 Å². The van der Waals surface area contributed by atoms with Gasteiger partial charge in [0, 0.05) is 42.2 Å². The van der Waals surface area contributed by atoms with Gasteiger partial charge in [0.25, 0.3) is 10.0 Å². The van der Waals surface area contributed by atoms with Crippen LogP contribution in [-0.2, 0) is 21.2 Å². The van der Waals surface area contributed by atoms with E-state index < -0.39 is 15.9 Å². The zero-order valence-corrected chi connectivity index (χ0v) is 19.4. The zero-order chi connectivity index (χ0) is 22.7. The molecule has 1 amide bonds. The minimum atomic E-state index is -3.73. The van der Waals surface area contributed by atoms with E-state index in [4.69, 9.17) is 9.26 Å². The lowest BCUT2D eigenvalue weighted by atomic mass is 9.98. The van der Waals surface area contributed by atoms with Crippen molar-refractivity contribution in [2.75, 3.05) is 25.5 Å². The van der Waals surface area contributed by atoms with Gasteiger partial charge in [-0.2, -0.15) is 9.29 Å². The van der Waals surface area contributed by atoms with Crippen LogP contribution in [0.2, 0.25) is 0 Å². The Bertz CT molecular complexity index is 1200. The summed E-state index contributed by atoms with van der Waals surface area (Å²) < 4.78 is 38.3. The fourth-order valence-electron chi connectivity index (χ4n) is 3.53. The monoisotopic (exact) mass is 476 g/mol. The molecule has 1 aromatic carbocycles. The molecule has 1 unspecified atom stereocenters. The number of amides is 1. The van der Waals surface area contributed by atoms with Crippen molar-refractivity contribution in [1.29, 1.82) is 0 Å². The van der Waals surface area contributed by atoms with Gasteiger partial charge >= 0.3 is 0 Å². The highest BCUT2D eigenvalue weighted by Gasteiger charge is 2.34. The Labute approximate surface area is 190 Å². The Morgan fingerprint density at radius 1 is 1.38 bits per heavy atom. The SMILES string of the molecule is CCc1nc(-c2csc(S(=O)(=O)N3CCCC(C(=O)Nc4cccc(OC)c4)C3)c2)no1. The molecule has 2 aromatic heterocycles. The van der Waals surface area contributed by atoms with Gasteiger partial charge < -0.3 is 14.6 Å². The summed E-state index contributed by atoms with van der Waals surface area (Å²) in [5.74, 6) is 0.861. The van der Waals surface area contributed by atoms with Crippen molar-refractivity contribution < 1.29 is 22.5 Å². The summed E-state index contributed by atoms with van der Waals surface area (Å²) in [6, 6.07) is 8.63. The molecule has 32 heavy (non-hydrogen) atoms. The molecule has 0 radical (unpaired) electrons. The molecule has 9 nitrogen and oxygen atoms in total. The standard InChI is InChI=1S/C21H24N4O5S2/c1-3-18-23-20(24-30-18)15-10-19(31-13-15)32(27,28)25-9-5-6-14(12-25)21(26)22-16-7-4-8-17(11-16)29-2/h4,7-8,10-11,13-14H,3,5-6,9,12H2,1-2H3,(H,22,26). The van der Waals surface area contributed by atoms with Gasteiger partial charge in [0.05, 0.1) is 13.0 Å². The van der Waals surface area contributed by atoms with Crippen LogP contribution in [0.25, 0.3) is 11.4 Å². The van der Waals surface area contributed by atoms with Gasteiger partial charge in [0.2, 0.25) is 17.6 Å². The Hall–Kier alpha value is -2.76. The van der Waals surface area contributed by atoms with E-state index in [0.717, 1.165) is 11.3 Å². The van der Waals surface area contributed by atoms with E-state index in [2.05, 4.69) is 15.5 Å². The lowest BCUT2D eigenvalue weighted by Crippen LogP contribution is -2.43. The number of anilines is 1. The number of hydrogen-bond acceptors (Lipinski definition) is 8. The summed E-state index contributed by atoms with van der Waals surface area (Å²) in [6.07, 6.45) is 1.84. The number of nitrogens with one attached hydrogen (secondary N) is 1. The predicted octanol–water partition coefficient (Wildman–Crippen LogP) is 3.41. The molecule has 0 aliphatic carbocycles. The molecule has 4 rings (SSSR count). The Morgan fingerprint density at radius 2 is 2.22 bits per heavy atom. The van der Waals surface area contributed by atoms with Gasteiger partial charge in [-0.05, 0) is 31.0 Å². The molecule has 1 aliphatic heterocycles. The van der Waals surface area contributed by atoms with Gasteiger partial charge in [-0.25, -0.2) is 8.42 Å². The first-order valence-electron chi connectivity index (χ1n) is 10.3. The molecule has 1 saturated heterocycles. The second-order valence-electron chi connectivity index (χ2n) is 7.44. The Morgan fingerprint density at radius 3 is 2.97 bits per heavy atom. The van der Waals surface area contributed by atoms with Crippen molar-refractivity contribution in [3.63, 3.8) is 0 Å². The van der Waals surface area contributed by atoms with E-state index in [-0.39, 0.29) is 16.7 Å². The summed E-state index contributed by atoms with van der Waals surface area (Å²) in [5.41, 5.74) is 1.21. The molecule has 0 saturated carbocycles. The van der Waals surface area contributed by atoms with Gasteiger partial charge in [0.15, 0.2) is 0 Å². The molecular weight excluding hydrogens is 452 g/mol. The number of methoxy groups -OCH3 is 1. The average molecular weight is 477 g/mol. The minimum absolute atomic E-state index is 0.133. The molecule has 1 aliphatic rings. The maximum absolute atomic E-state index is 13.2. The minimum Gasteiger partial charge on any atom is -0.497 e. The van der Waals surface area contributed by atoms with Crippen LogP contribution in [0.3, 0.4) is 0 Å². The largest absolute Gasteiger partial charge is 0.497 e. The van der Waals surface area contributed by atoms with Crippen molar-refractivity contribution in [3.05, 3.63) is 41.6 Å². The van der Waals surface area contributed by atoms with Crippen LogP contribution in [0.4, 0.5) is 5.69 Å². The summed E-state index contributed by atoms with van der Waals surface area (Å²) in [6.45, 7) is 2.41. The van der Waals surface area contributed by atoms with E-state index in [1.807, 2.05) is 6.92 Å². The van der Waals surface area contributed by atoms with E-state index >= 15 is 0 Å². The molecule has 1 N–H and O–H groups in total. The number of piperidine rings is 1. The number of carbonyl (C=O) groups is 1. The van der Waals surface area contributed by atoms with Crippen molar-refractivity contribution >= 4 is 33.0 Å². The number of carbonyl (C=O) groups excluding carboxylic acids is 1. The van der Waals surface area contributed by atoms with Gasteiger partial charge in [-0.3, -0.25) is 4.79 Å². The van der Waals surface area contributed by atoms with Crippen LogP contribution in [0.5, 0.6) is 5.75 Å². The Balaban J connectivity index is 1.46. The number of sulfonamides is 1. The van der Waals surface area contributed by atoms with Crippen molar-refractivity contribution in [3.8, 4) is 17.1 Å². The van der Waals surface area contributed by atoms with Crippen LogP contribution in [0.1, 0.15) is 25.7 Å². The summed E-state index contributed by atoms with van der Waals surface area (Å²) in [4.78, 5) is 17.1. The van der Waals surface area contributed by atoms with Crippen molar-refractivity contribution in [2.45, 2.75) is 30.4 Å². The number of thiophene rings is 1. The van der Waals surface area contributed by atoms with Gasteiger partial charge in [0.1, 0.15) is 9.96 Å². The Kier molecular flexibility index (Phi) is 6.58. The van der Waals surface area contributed by atoms with Crippen LogP contribution >= 0.6 is 11.3 Å². The lowest BCUT2D eigenvalue weighted by Gasteiger charge is -2.30. The number of aryl methyl sites for hydroxylation is 1. The summed E-state index contributed by atoms with van der Waals surface area (Å²) >= 11 is 1.11. The highest BCUT2D eigenvalue weighted by atomic mass is 32.2. The molecule has 3 heterocycles. The molecule has 1 fully saturated rings. The fraction of sp³-hybridized carbons (Fsp3) is 0.381. The predicted molar refractivity (Wildman–Crippen MR) is 120 cm³/mol. The second kappa shape index (κ2) is 9.39. The second-order valence-corrected chi connectivity index (χ2v) is 10.5. The van der Waals surface area contributed by atoms with Crippen molar-refractivity contribution in [1.82, 2.24) is 14.4 Å². The molecule has 0 bridgehead atoms. The highest BCUT2D eigenvalue weighted by Crippen LogP contribution is 2.31. The number of benzene rings is 1. The third-order valence-corrected chi connectivity index (χ3v) is 8.57. The van der Waals surface area contributed by atoms with E-state index in [0.29, 0.717) is 54.5 Å². The first kappa shape index (κ1) is 22.4. The highest BCUT2D eigenvalue weighted by molar-refractivity contribution is 7.91. The smallest absolute Gasteiger partial charge is 0.252 e. The molecular formula is C21H24N4O5S2. The quantitative estimate of drug-likeness (QED) is 0.556. The number of hydrogen-bond donors (Lipinski definition) is 1. The first-order valence-corrected chi connectivity index (χ1v) is 12.6. The normalized spacial score (nSPS) is 17.2. The van der Waals surface area contributed by atoms with E-state index in [1.54, 1.807) is 42.8 Å². The third-order valence-electron chi connectivity index (χ3n) is 5.29. The van der Waals surface area contributed by atoms with Crippen molar-refractivity contribution in [2.24, 2.45) is 5.92 Å². The van der Waals surface area contributed by atoms with Crippen LogP contribution < -0.4 is 10.1 Å². The van der Waals surface area contributed by atoms with E-state index in [9.17, 15) is 13.2 Å². The first-order chi connectivity index (χ1) is 15.4. The van der Waals surface area contributed by atoms with Gasteiger partial charge in [-0.1, -0.05) is 18.1 Å². The number of aromatic nitrogens is 2. The molecule has 0 spiro atoms. The number of nitrogens with zero attached hydrogens (tertiary/aromatic N) is 3. The van der Waals surface area contributed by atoms with Crippen LogP contribution in [-0.4, -0.2) is 49.0 Å². The lowest BCUT2D eigenvalue weighted by molar-refractivity contribution is -0.120. The molecule has 3 aromatic rings. The maximum atomic E-state index is 13.2. The van der Waals surface area contributed by atoms with Crippen LogP contribution in [0.15, 0.2) is 44.4 Å². The fourth-order valence-corrected chi connectivity index (χ4v) is 6.37. The van der Waals surface area contributed by atoms with Crippen LogP contribution in [0, 0.1) is 5.92 Å². The van der Waals surface area contributed by atoms with E-state index in [1.165, 1.54) is 4.31 Å². The average Bonchev–Trinajstić information content (AvgIpc) is 3.49.